The molecule has 3 N–H and O–H groups in total. The molecule has 0 bridgehead atoms. The summed E-state index contributed by atoms with van der Waals surface area (Å²) in [5, 5.41) is 0. The van der Waals surface area contributed by atoms with Gasteiger partial charge in [-0.2, -0.15) is 0 Å². The van der Waals surface area contributed by atoms with Gasteiger partial charge in [-0.05, 0) is 31.8 Å². The van der Waals surface area contributed by atoms with Crippen LogP contribution in [0.5, 0.6) is 0 Å². The number of carbonyl (C=O) groups is 1. The van der Waals surface area contributed by atoms with E-state index in [9.17, 15) is 4.79 Å². The van der Waals surface area contributed by atoms with E-state index in [1.54, 1.807) is 0 Å². The molecule has 0 unspecified atom stereocenters. The molecule has 1 fully saturated rings. The first-order valence-corrected chi connectivity index (χ1v) is 5.36. The molecule has 0 aromatic rings. The molecule has 4 heteroatoms. The molecule has 0 atom stereocenters. The second-order valence-corrected chi connectivity index (χ2v) is 4.48. The molecule has 0 aromatic heterocycles. The zero-order chi connectivity index (χ0) is 10.6. The molecule has 14 heavy (non-hydrogen) atoms. The third-order valence-electron chi connectivity index (χ3n) is 2.72. The summed E-state index contributed by atoms with van der Waals surface area (Å²) in [4.78, 5) is 13.7. The first-order chi connectivity index (χ1) is 6.63. The Hall–Kier alpha value is -0.610. The lowest BCUT2D eigenvalue weighted by molar-refractivity contribution is -0.126. The lowest BCUT2D eigenvalue weighted by Gasteiger charge is -2.31. The zero-order valence-electron chi connectivity index (χ0n) is 9.12. The van der Waals surface area contributed by atoms with Gasteiger partial charge in [0.15, 0.2) is 0 Å². The third-order valence-corrected chi connectivity index (χ3v) is 2.72. The van der Waals surface area contributed by atoms with Crippen LogP contribution in [0, 0.1) is 11.8 Å². The van der Waals surface area contributed by atoms with Crippen molar-refractivity contribution in [2.75, 3.05) is 19.6 Å². The number of rotatable bonds is 3. The number of nitrogens with zero attached hydrogens (tertiary/aromatic N) is 1. The SMILES string of the molecule is CC(C)CN1CCC(C(=O)NN)CC1. The molecule has 1 saturated heterocycles. The normalized spacial score (nSPS) is 20.0. The van der Waals surface area contributed by atoms with Crippen molar-refractivity contribution in [2.45, 2.75) is 26.7 Å². The van der Waals surface area contributed by atoms with Crippen LogP contribution in [0.4, 0.5) is 0 Å². The summed E-state index contributed by atoms with van der Waals surface area (Å²) in [6, 6.07) is 0. The van der Waals surface area contributed by atoms with Crippen molar-refractivity contribution < 1.29 is 4.79 Å². The number of nitrogens with two attached hydrogens (primary N) is 1. The predicted octanol–water partition coefficient (Wildman–Crippen LogP) is 0.344. The topological polar surface area (TPSA) is 58.4 Å². The van der Waals surface area contributed by atoms with Gasteiger partial charge in [0, 0.05) is 12.5 Å². The molecule has 82 valence electrons. The standard InChI is InChI=1S/C10H21N3O/c1-8(2)7-13-5-3-9(4-6-13)10(14)12-11/h8-9H,3-7,11H2,1-2H3,(H,12,14). The van der Waals surface area contributed by atoms with E-state index in [4.69, 9.17) is 5.84 Å². The quantitative estimate of drug-likeness (QED) is 0.391. The monoisotopic (exact) mass is 199 g/mol. The van der Waals surface area contributed by atoms with Crippen LogP contribution in [0.2, 0.25) is 0 Å². The van der Waals surface area contributed by atoms with Crippen LogP contribution < -0.4 is 11.3 Å². The number of hydrogen-bond donors (Lipinski definition) is 2. The number of nitrogens with one attached hydrogen (secondary N) is 1. The van der Waals surface area contributed by atoms with E-state index in [1.807, 2.05) is 0 Å². The maximum absolute atomic E-state index is 11.2. The minimum atomic E-state index is -0.00537. The van der Waals surface area contributed by atoms with Crippen LogP contribution in [0.15, 0.2) is 0 Å². The Morgan fingerprint density at radius 3 is 2.50 bits per heavy atom. The summed E-state index contributed by atoms with van der Waals surface area (Å²) in [6.45, 7) is 7.63. The molecular weight excluding hydrogens is 178 g/mol. The van der Waals surface area contributed by atoms with Crippen molar-refractivity contribution in [3.63, 3.8) is 0 Å². The highest BCUT2D eigenvalue weighted by Gasteiger charge is 2.24. The van der Waals surface area contributed by atoms with Gasteiger partial charge in [-0.1, -0.05) is 13.8 Å². The van der Waals surface area contributed by atoms with Gasteiger partial charge in [0.05, 0.1) is 0 Å². The van der Waals surface area contributed by atoms with Crippen LogP contribution >= 0.6 is 0 Å². The van der Waals surface area contributed by atoms with Crippen molar-refractivity contribution in [1.29, 1.82) is 0 Å². The maximum atomic E-state index is 11.2. The molecule has 0 saturated carbocycles. The molecule has 0 spiro atoms. The van der Waals surface area contributed by atoms with Gasteiger partial charge in [-0.3, -0.25) is 10.2 Å². The lowest BCUT2D eigenvalue weighted by atomic mass is 9.95. The molecule has 4 nitrogen and oxygen atoms in total. The van der Waals surface area contributed by atoms with E-state index in [0.717, 1.165) is 32.5 Å². The average molecular weight is 199 g/mol. The Labute approximate surface area is 85.8 Å². The highest BCUT2D eigenvalue weighted by molar-refractivity contribution is 5.78. The number of amides is 1. The Kier molecular flexibility index (Phi) is 4.35. The highest BCUT2D eigenvalue weighted by atomic mass is 16.2. The number of hydrogen-bond acceptors (Lipinski definition) is 3. The summed E-state index contributed by atoms with van der Waals surface area (Å²) in [7, 11) is 0. The fourth-order valence-corrected chi connectivity index (χ4v) is 2.01. The molecule has 1 rings (SSSR count). The van der Waals surface area contributed by atoms with Gasteiger partial charge in [0.25, 0.3) is 0 Å². The van der Waals surface area contributed by atoms with E-state index in [1.165, 1.54) is 0 Å². The summed E-state index contributed by atoms with van der Waals surface area (Å²) in [5.41, 5.74) is 2.23. The second kappa shape index (κ2) is 5.32. The lowest BCUT2D eigenvalue weighted by Crippen LogP contribution is -2.43. The average Bonchev–Trinajstić information content (AvgIpc) is 2.17. The van der Waals surface area contributed by atoms with E-state index in [2.05, 4.69) is 24.2 Å². The molecule has 0 radical (unpaired) electrons. The van der Waals surface area contributed by atoms with Crippen molar-refractivity contribution >= 4 is 5.91 Å². The van der Waals surface area contributed by atoms with E-state index >= 15 is 0 Å². The first-order valence-electron chi connectivity index (χ1n) is 5.36. The molecular formula is C10H21N3O. The van der Waals surface area contributed by atoms with E-state index < -0.39 is 0 Å². The van der Waals surface area contributed by atoms with Gasteiger partial charge >= 0.3 is 0 Å². The predicted molar refractivity (Wildman–Crippen MR) is 56.3 cm³/mol. The third kappa shape index (κ3) is 3.27. The maximum Gasteiger partial charge on any atom is 0.237 e. The van der Waals surface area contributed by atoms with Gasteiger partial charge in [-0.25, -0.2) is 5.84 Å². The van der Waals surface area contributed by atoms with Crippen LogP contribution in [-0.2, 0) is 4.79 Å². The minimum absolute atomic E-state index is 0.00537. The summed E-state index contributed by atoms with van der Waals surface area (Å²) < 4.78 is 0. The number of hydrazine groups is 1. The Bertz CT molecular complexity index is 186. The molecule has 1 amide bonds. The second-order valence-electron chi connectivity index (χ2n) is 4.48. The smallest absolute Gasteiger partial charge is 0.237 e. The van der Waals surface area contributed by atoms with Gasteiger partial charge in [0.2, 0.25) is 5.91 Å². The van der Waals surface area contributed by atoms with Crippen LogP contribution in [0.25, 0.3) is 0 Å². The van der Waals surface area contributed by atoms with Crippen molar-refractivity contribution in [3.8, 4) is 0 Å². The Morgan fingerprint density at radius 2 is 2.07 bits per heavy atom. The van der Waals surface area contributed by atoms with Gasteiger partial charge < -0.3 is 4.90 Å². The minimum Gasteiger partial charge on any atom is -0.303 e. The van der Waals surface area contributed by atoms with E-state index in [-0.39, 0.29) is 11.8 Å². The Morgan fingerprint density at radius 1 is 1.50 bits per heavy atom. The van der Waals surface area contributed by atoms with Crippen LogP contribution in [0.1, 0.15) is 26.7 Å². The number of piperidine rings is 1. The summed E-state index contributed by atoms with van der Waals surface area (Å²) in [6.07, 6.45) is 1.88. The van der Waals surface area contributed by atoms with Crippen LogP contribution in [-0.4, -0.2) is 30.4 Å². The number of carbonyl (C=O) groups excluding carboxylic acids is 1. The van der Waals surface area contributed by atoms with Gasteiger partial charge in [-0.15, -0.1) is 0 Å². The molecule has 1 aliphatic heterocycles. The zero-order valence-corrected chi connectivity index (χ0v) is 9.12. The van der Waals surface area contributed by atoms with E-state index in [0.29, 0.717) is 5.92 Å². The molecule has 1 aliphatic rings. The fraction of sp³-hybridized carbons (Fsp3) is 0.900. The fourth-order valence-electron chi connectivity index (χ4n) is 2.01. The molecule has 0 aromatic carbocycles. The number of likely N-dealkylation sites (tertiary alicyclic amines) is 1. The van der Waals surface area contributed by atoms with Gasteiger partial charge in [0.1, 0.15) is 0 Å². The molecule has 1 heterocycles. The highest BCUT2D eigenvalue weighted by Crippen LogP contribution is 2.17. The summed E-state index contributed by atoms with van der Waals surface area (Å²) in [5.74, 6) is 5.93. The first kappa shape index (κ1) is 11.5. The molecule has 0 aliphatic carbocycles. The Balaban J connectivity index is 2.27. The largest absolute Gasteiger partial charge is 0.303 e. The van der Waals surface area contributed by atoms with Crippen LogP contribution in [0.3, 0.4) is 0 Å². The van der Waals surface area contributed by atoms with Crippen molar-refractivity contribution in [2.24, 2.45) is 17.7 Å². The van der Waals surface area contributed by atoms with Crippen molar-refractivity contribution in [3.05, 3.63) is 0 Å². The summed E-state index contributed by atoms with van der Waals surface area (Å²) >= 11 is 0. The van der Waals surface area contributed by atoms with Crippen molar-refractivity contribution in [1.82, 2.24) is 10.3 Å².